The Labute approximate surface area is 140 Å². The van der Waals surface area contributed by atoms with E-state index in [0.717, 1.165) is 12.1 Å². The second-order valence-corrected chi connectivity index (χ2v) is 5.77. The van der Waals surface area contributed by atoms with Crippen molar-refractivity contribution >= 4 is 11.7 Å². The molecule has 2 aromatic carbocycles. The topological polar surface area (TPSA) is 46.2 Å². The summed E-state index contributed by atoms with van der Waals surface area (Å²) in [5.41, 5.74) is 1.00. The van der Waals surface area contributed by atoms with Crippen molar-refractivity contribution in [2.45, 2.75) is 19.3 Å². The monoisotopic (exact) mass is 351 g/mol. The molecule has 0 unspecified atom stereocenters. The molecule has 1 aliphatic heterocycles. The number of aryl methyl sites for hydroxylation is 1. The van der Waals surface area contributed by atoms with Gasteiger partial charge in [0, 0.05) is 25.1 Å². The minimum Gasteiger partial charge on any atom is -0.352 e. The van der Waals surface area contributed by atoms with Crippen LogP contribution in [0.1, 0.15) is 38.3 Å². The van der Waals surface area contributed by atoms with Crippen molar-refractivity contribution in [1.82, 2.24) is 5.32 Å². The Morgan fingerprint density at radius 3 is 1.92 bits per heavy atom. The molecular weight excluding hydrogens is 338 g/mol. The van der Waals surface area contributed by atoms with E-state index in [-0.39, 0.29) is 16.9 Å². The van der Waals surface area contributed by atoms with Crippen LogP contribution in [0.3, 0.4) is 0 Å². The molecule has 1 amide bonds. The Balaban J connectivity index is 0.000000146. The summed E-state index contributed by atoms with van der Waals surface area (Å²) in [6.45, 7) is 0.439. The van der Waals surface area contributed by atoms with Gasteiger partial charge >= 0.3 is 0 Å². The van der Waals surface area contributed by atoms with Gasteiger partial charge in [-0.2, -0.15) is 0 Å². The molecule has 1 aliphatic carbocycles. The average molecular weight is 351 g/mol. The van der Waals surface area contributed by atoms with Crippen LogP contribution in [-0.2, 0) is 12.8 Å². The minimum absolute atomic E-state index is 0.0207. The van der Waals surface area contributed by atoms with Crippen LogP contribution in [0, 0.1) is 23.3 Å². The third kappa shape index (κ3) is 3.40. The Kier molecular flexibility index (Phi) is 4.57. The van der Waals surface area contributed by atoms with Crippen molar-refractivity contribution in [3.05, 3.63) is 69.8 Å². The third-order valence-corrected chi connectivity index (χ3v) is 4.08. The summed E-state index contributed by atoms with van der Waals surface area (Å²) in [5, 5.41) is 2.50. The quantitative estimate of drug-likeness (QED) is 0.740. The summed E-state index contributed by atoms with van der Waals surface area (Å²) in [7, 11) is 0. The highest BCUT2D eigenvalue weighted by Gasteiger charge is 2.24. The van der Waals surface area contributed by atoms with Gasteiger partial charge in [0.1, 0.15) is 23.3 Å². The molecule has 0 atom stereocenters. The van der Waals surface area contributed by atoms with Crippen molar-refractivity contribution in [2.24, 2.45) is 0 Å². The molecular formula is C18H13F4NO2. The number of hydrogen-bond acceptors (Lipinski definition) is 2. The zero-order chi connectivity index (χ0) is 18.1. The molecule has 3 nitrogen and oxygen atoms in total. The maximum atomic E-state index is 13.1. The molecule has 25 heavy (non-hydrogen) atoms. The van der Waals surface area contributed by atoms with Gasteiger partial charge in [-0.05, 0) is 36.1 Å². The van der Waals surface area contributed by atoms with Gasteiger partial charge in [0.25, 0.3) is 5.91 Å². The summed E-state index contributed by atoms with van der Waals surface area (Å²) in [5.74, 6) is -3.44. The number of fused-ring (bicyclic) bond motifs is 2. The molecule has 1 N–H and O–H groups in total. The number of halogens is 4. The lowest BCUT2D eigenvalue weighted by molar-refractivity contribution is 0.0940. The SMILES string of the molecule is O=C1CCc2cc(F)cc(F)c21.O=C1NCCc2cc(F)cc(F)c21. The van der Waals surface area contributed by atoms with E-state index in [2.05, 4.69) is 5.32 Å². The molecule has 0 spiro atoms. The maximum Gasteiger partial charge on any atom is 0.254 e. The van der Waals surface area contributed by atoms with Crippen LogP contribution in [0.2, 0.25) is 0 Å². The molecule has 0 fully saturated rings. The van der Waals surface area contributed by atoms with Crippen LogP contribution in [0.4, 0.5) is 17.6 Å². The van der Waals surface area contributed by atoms with Gasteiger partial charge in [-0.25, -0.2) is 17.6 Å². The number of amides is 1. The summed E-state index contributed by atoms with van der Waals surface area (Å²) < 4.78 is 51.3. The van der Waals surface area contributed by atoms with E-state index in [1.165, 1.54) is 12.1 Å². The Morgan fingerprint density at radius 2 is 1.28 bits per heavy atom. The number of ketones is 1. The highest BCUT2D eigenvalue weighted by atomic mass is 19.1. The number of Topliss-reactive ketones (excluding diaryl/α,β-unsaturated/α-hetero) is 1. The molecule has 130 valence electrons. The summed E-state index contributed by atoms with van der Waals surface area (Å²) in [4.78, 5) is 22.2. The Bertz CT molecular complexity index is 880. The predicted octanol–water partition coefficient (Wildman–Crippen LogP) is 3.34. The molecule has 1 heterocycles. The van der Waals surface area contributed by atoms with Crippen molar-refractivity contribution in [2.75, 3.05) is 6.54 Å². The fourth-order valence-electron chi connectivity index (χ4n) is 2.99. The molecule has 0 aromatic heterocycles. The number of rotatable bonds is 0. The fraction of sp³-hybridized carbons (Fsp3) is 0.222. The zero-order valence-corrected chi connectivity index (χ0v) is 13.0. The van der Waals surface area contributed by atoms with Crippen molar-refractivity contribution < 1.29 is 27.2 Å². The standard InChI is InChI=1S/C9H7F2NO.C9H6F2O/c10-6-3-5-1-2-12-9(13)8(5)7(11)4-6;10-6-3-5-1-2-8(12)9(5)7(11)4-6/h3-4H,1-2H2,(H,12,13);3-4H,1-2H2. The molecule has 2 aliphatic rings. The van der Waals surface area contributed by atoms with E-state index in [9.17, 15) is 27.2 Å². The van der Waals surface area contributed by atoms with E-state index in [1.54, 1.807) is 0 Å². The predicted molar refractivity (Wildman–Crippen MR) is 81.4 cm³/mol. The van der Waals surface area contributed by atoms with E-state index in [0.29, 0.717) is 36.9 Å². The summed E-state index contributed by atoms with van der Waals surface area (Å²) in [6.07, 6.45) is 1.24. The molecule has 0 saturated heterocycles. The van der Waals surface area contributed by atoms with Gasteiger partial charge in [0.05, 0.1) is 11.1 Å². The minimum atomic E-state index is -0.785. The second-order valence-electron chi connectivity index (χ2n) is 5.77. The van der Waals surface area contributed by atoms with Gasteiger partial charge < -0.3 is 5.32 Å². The van der Waals surface area contributed by atoms with E-state index >= 15 is 0 Å². The number of hydrogen-bond donors (Lipinski definition) is 1. The van der Waals surface area contributed by atoms with E-state index in [1.807, 2.05) is 0 Å². The maximum absolute atomic E-state index is 13.1. The van der Waals surface area contributed by atoms with Gasteiger partial charge in [0.2, 0.25) is 0 Å². The largest absolute Gasteiger partial charge is 0.352 e. The second kappa shape index (κ2) is 6.66. The number of carbonyl (C=O) groups is 2. The first-order valence-corrected chi connectivity index (χ1v) is 7.64. The average Bonchev–Trinajstić information content (AvgIpc) is 2.88. The van der Waals surface area contributed by atoms with E-state index < -0.39 is 29.2 Å². The Hall–Kier alpha value is -2.70. The number of benzene rings is 2. The molecule has 7 heteroatoms. The molecule has 0 radical (unpaired) electrons. The Morgan fingerprint density at radius 1 is 0.720 bits per heavy atom. The molecule has 2 aromatic rings. The lowest BCUT2D eigenvalue weighted by atomic mass is 10.00. The lowest BCUT2D eigenvalue weighted by Gasteiger charge is -2.16. The van der Waals surface area contributed by atoms with Gasteiger partial charge in [-0.1, -0.05) is 0 Å². The number of carbonyl (C=O) groups excluding carboxylic acids is 2. The first-order chi connectivity index (χ1) is 11.9. The van der Waals surface area contributed by atoms with Gasteiger partial charge in [0.15, 0.2) is 5.78 Å². The molecule has 4 rings (SSSR count). The van der Waals surface area contributed by atoms with Crippen LogP contribution in [0.15, 0.2) is 24.3 Å². The van der Waals surface area contributed by atoms with Crippen molar-refractivity contribution in [3.8, 4) is 0 Å². The summed E-state index contributed by atoms with van der Waals surface area (Å²) in [6, 6.07) is 3.91. The van der Waals surface area contributed by atoms with Crippen LogP contribution >= 0.6 is 0 Å². The lowest BCUT2D eigenvalue weighted by Crippen LogP contribution is -2.32. The normalized spacial score (nSPS) is 15.0. The fourth-order valence-corrected chi connectivity index (χ4v) is 2.99. The van der Waals surface area contributed by atoms with Gasteiger partial charge in [-0.15, -0.1) is 0 Å². The van der Waals surface area contributed by atoms with Crippen LogP contribution in [-0.4, -0.2) is 18.2 Å². The van der Waals surface area contributed by atoms with Crippen molar-refractivity contribution in [3.63, 3.8) is 0 Å². The van der Waals surface area contributed by atoms with Crippen molar-refractivity contribution in [1.29, 1.82) is 0 Å². The summed E-state index contributed by atoms with van der Waals surface area (Å²) >= 11 is 0. The van der Waals surface area contributed by atoms with Crippen LogP contribution in [0.25, 0.3) is 0 Å². The first kappa shape index (κ1) is 17.1. The first-order valence-electron chi connectivity index (χ1n) is 7.64. The molecule has 0 saturated carbocycles. The number of nitrogens with one attached hydrogen (secondary N) is 1. The third-order valence-electron chi connectivity index (χ3n) is 4.08. The van der Waals surface area contributed by atoms with Crippen LogP contribution < -0.4 is 5.32 Å². The highest BCUT2D eigenvalue weighted by Crippen LogP contribution is 2.25. The van der Waals surface area contributed by atoms with Crippen LogP contribution in [0.5, 0.6) is 0 Å². The van der Waals surface area contributed by atoms with E-state index in [4.69, 9.17) is 0 Å². The highest BCUT2D eigenvalue weighted by molar-refractivity contribution is 6.00. The van der Waals surface area contributed by atoms with Gasteiger partial charge in [-0.3, -0.25) is 9.59 Å². The molecule has 0 bridgehead atoms. The zero-order valence-electron chi connectivity index (χ0n) is 13.0. The smallest absolute Gasteiger partial charge is 0.254 e.